The van der Waals surface area contributed by atoms with Gasteiger partial charge in [0, 0.05) is 20.1 Å². The van der Waals surface area contributed by atoms with E-state index in [-0.39, 0.29) is 5.91 Å². The number of nitrogens with zero attached hydrogens (tertiary/aromatic N) is 2. The molecule has 0 saturated carbocycles. The Bertz CT molecular complexity index is 688. The minimum Gasteiger partial charge on any atom is -0.481 e. The zero-order chi connectivity index (χ0) is 18.6. The first-order chi connectivity index (χ1) is 11.7. The molecule has 25 heavy (non-hydrogen) atoms. The standard InChI is InChI=1S/C18H28N2O4S/c1-5-17(18(21)20-12-6-7-14(2)13-20)24-16-10-8-15(9-11-16)19(3)25(4,22)23/h8-11,14,17H,5-7,12-13H2,1-4H3/t14-,17-/m0/s1. The van der Waals surface area contributed by atoms with Crippen LogP contribution in [0.1, 0.15) is 33.1 Å². The summed E-state index contributed by atoms with van der Waals surface area (Å²) in [6.07, 6.45) is 3.44. The highest BCUT2D eigenvalue weighted by atomic mass is 32.2. The monoisotopic (exact) mass is 368 g/mol. The van der Waals surface area contributed by atoms with Crippen molar-refractivity contribution in [3.8, 4) is 5.75 Å². The lowest BCUT2D eigenvalue weighted by molar-refractivity contribution is -0.140. The molecule has 140 valence electrons. The second kappa shape index (κ2) is 8.08. The Morgan fingerprint density at radius 2 is 2.00 bits per heavy atom. The lowest BCUT2D eigenvalue weighted by Crippen LogP contribution is -2.46. The van der Waals surface area contributed by atoms with E-state index < -0.39 is 16.1 Å². The maximum absolute atomic E-state index is 12.7. The van der Waals surface area contributed by atoms with Crippen LogP contribution < -0.4 is 9.04 Å². The number of rotatable bonds is 6. The molecular weight excluding hydrogens is 340 g/mol. The van der Waals surface area contributed by atoms with Crippen LogP contribution >= 0.6 is 0 Å². The third kappa shape index (κ3) is 5.11. The molecule has 1 aromatic rings. The van der Waals surface area contributed by atoms with Crippen molar-refractivity contribution in [2.75, 3.05) is 30.7 Å². The topological polar surface area (TPSA) is 66.9 Å². The summed E-state index contributed by atoms with van der Waals surface area (Å²) in [4.78, 5) is 14.6. The molecule has 0 aromatic heterocycles. The van der Waals surface area contributed by atoms with Crippen molar-refractivity contribution >= 4 is 21.6 Å². The van der Waals surface area contributed by atoms with Crippen molar-refractivity contribution in [1.29, 1.82) is 0 Å². The van der Waals surface area contributed by atoms with Gasteiger partial charge in [-0.25, -0.2) is 8.42 Å². The lowest BCUT2D eigenvalue weighted by atomic mass is 9.99. The Hall–Kier alpha value is -1.76. The summed E-state index contributed by atoms with van der Waals surface area (Å²) in [5.74, 6) is 1.13. The fourth-order valence-electron chi connectivity index (χ4n) is 2.99. The fraction of sp³-hybridized carbons (Fsp3) is 0.611. The van der Waals surface area contributed by atoms with Gasteiger partial charge in [0.2, 0.25) is 10.0 Å². The summed E-state index contributed by atoms with van der Waals surface area (Å²) in [7, 11) is -1.80. The highest BCUT2D eigenvalue weighted by molar-refractivity contribution is 7.92. The Morgan fingerprint density at radius 1 is 1.36 bits per heavy atom. The van der Waals surface area contributed by atoms with Gasteiger partial charge in [-0.1, -0.05) is 13.8 Å². The quantitative estimate of drug-likeness (QED) is 0.774. The SMILES string of the molecule is CC[C@H](Oc1ccc(N(C)S(C)(=O)=O)cc1)C(=O)N1CCC[C@H](C)C1. The first kappa shape index (κ1) is 19.6. The molecule has 0 spiro atoms. The van der Waals surface area contributed by atoms with Crippen molar-refractivity contribution in [3.05, 3.63) is 24.3 Å². The second-order valence-corrected chi connectivity index (χ2v) is 8.78. The first-order valence-electron chi connectivity index (χ1n) is 8.71. The maximum Gasteiger partial charge on any atom is 0.263 e. The number of ether oxygens (including phenoxy) is 1. The van der Waals surface area contributed by atoms with Crippen LogP contribution in [0, 0.1) is 5.92 Å². The minimum atomic E-state index is -3.30. The average molecular weight is 368 g/mol. The van der Waals surface area contributed by atoms with Crippen LogP contribution in [-0.2, 0) is 14.8 Å². The van der Waals surface area contributed by atoms with E-state index in [1.54, 1.807) is 24.3 Å². The van der Waals surface area contributed by atoms with Crippen LogP contribution in [0.4, 0.5) is 5.69 Å². The molecule has 7 heteroatoms. The van der Waals surface area contributed by atoms with Gasteiger partial charge in [0.05, 0.1) is 11.9 Å². The smallest absolute Gasteiger partial charge is 0.263 e. The van der Waals surface area contributed by atoms with Gasteiger partial charge in [-0.05, 0) is 49.4 Å². The van der Waals surface area contributed by atoms with E-state index in [1.807, 2.05) is 11.8 Å². The number of carbonyl (C=O) groups is 1. The molecule has 6 nitrogen and oxygen atoms in total. The molecule has 1 aliphatic heterocycles. The second-order valence-electron chi connectivity index (χ2n) is 6.77. The predicted octanol–water partition coefficient (Wildman–Crippen LogP) is 2.50. The van der Waals surface area contributed by atoms with Gasteiger partial charge in [0.15, 0.2) is 6.10 Å². The Kier molecular flexibility index (Phi) is 6.32. The van der Waals surface area contributed by atoms with Crippen LogP contribution in [0.15, 0.2) is 24.3 Å². The van der Waals surface area contributed by atoms with Gasteiger partial charge in [0.25, 0.3) is 5.91 Å². The normalized spacial score (nSPS) is 19.4. The van der Waals surface area contributed by atoms with Crippen LogP contribution in [-0.4, -0.2) is 51.7 Å². The zero-order valence-electron chi connectivity index (χ0n) is 15.4. The van der Waals surface area contributed by atoms with Crippen LogP contribution in [0.5, 0.6) is 5.75 Å². The van der Waals surface area contributed by atoms with Crippen molar-refractivity contribution in [1.82, 2.24) is 4.90 Å². The average Bonchev–Trinajstić information content (AvgIpc) is 2.58. The van der Waals surface area contributed by atoms with E-state index in [2.05, 4.69) is 6.92 Å². The van der Waals surface area contributed by atoms with E-state index in [9.17, 15) is 13.2 Å². The van der Waals surface area contributed by atoms with E-state index in [1.165, 1.54) is 11.4 Å². The zero-order valence-corrected chi connectivity index (χ0v) is 16.3. The Morgan fingerprint density at radius 3 is 2.52 bits per heavy atom. The fourth-order valence-corrected chi connectivity index (χ4v) is 3.50. The predicted molar refractivity (Wildman–Crippen MR) is 99.4 cm³/mol. The number of hydrogen-bond acceptors (Lipinski definition) is 4. The van der Waals surface area contributed by atoms with Gasteiger partial charge in [-0.3, -0.25) is 9.10 Å². The molecule has 1 saturated heterocycles. The van der Waals surface area contributed by atoms with E-state index >= 15 is 0 Å². The number of piperidine rings is 1. The number of benzene rings is 1. The van der Waals surface area contributed by atoms with Gasteiger partial charge in [-0.2, -0.15) is 0 Å². The molecular formula is C18H28N2O4S. The molecule has 1 aromatic carbocycles. The van der Waals surface area contributed by atoms with Gasteiger partial charge >= 0.3 is 0 Å². The van der Waals surface area contributed by atoms with Gasteiger partial charge in [-0.15, -0.1) is 0 Å². The number of hydrogen-bond donors (Lipinski definition) is 0. The van der Waals surface area contributed by atoms with E-state index in [4.69, 9.17) is 4.74 Å². The number of anilines is 1. The highest BCUT2D eigenvalue weighted by Gasteiger charge is 2.28. The number of carbonyl (C=O) groups excluding carboxylic acids is 1. The largest absolute Gasteiger partial charge is 0.481 e. The van der Waals surface area contributed by atoms with Gasteiger partial charge in [0.1, 0.15) is 5.75 Å². The molecule has 2 atom stereocenters. The summed E-state index contributed by atoms with van der Waals surface area (Å²) in [5.41, 5.74) is 0.555. The number of amides is 1. The molecule has 0 bridgehead atoms. The summed E-state index contributed by atoms with van der Waals surface area (Å²) in [6.45, 7) is 5.68. The summed E-state index contributed by atoms with van der Waals surface area (Å²) in [5, 5.41) is 0. The van der Waals surface area contributed by atoms with Crippen molar-refractivity contribution in [2.24, 2.45) is 5.92 Å². The van der Waals surface area contributed by atoms with E-state index in [0.29, 0.717) is 23.8 Å². The van der Waals surface area contributed by atoms with Crippen molar-refractivity contribution in [2.45, 2.75) is 39.2 Å². The third-order valence-electron chi connectivity index (χ3n) is 4.59. The molecule has 1 amide bonds. The number of sulfonamides is 1. The maximum atomic E-state index is 12.7. The summed E-state index contributed by atoms with van der Waals surface area (Å²) in [6, 6.07) is 6.75. The lowest BCUT2D eigenvalue weighted by Gasteiger charge is -2.33. The number of likely N-dealkylation sites (tertiary alicyclic amines) is 1. The summed E-state index contributed by atoms with van der Waals surface area (Å²) < 4.78 is 30.2. The summed E-state index contributed by atoms with van der Waals surface area (Å²) >= 11 is 0. The molecule has 1 fully saturated rings. The molecule has 0 unspecified atom stereocenters. The van der Waals surface area contributed by atoms with Crippen molar-refractivity contribution in [3.63, 3.8) is 0 Å². The molecule has 1 aliphatic rings. The van der Waals surface area contributed by atoms with Crippen LogP contribution in [0.2, 0.25) is 0 Å². The Balaban J connectivity index is 2.05. The van der Waals surface area contributed by atoms with Gasteiger partial charge < -0.3 is 9.64 Å². The molecule has 1 heterocycles. The van der Waals surface area contributed by atoms with Crippen LogP contribution in [0.3, 0.4) is 0 Å². The molecule has 0 aliphatic carbocycles. The van der Waals surface area contributed by atoms with Crippen molar-refractivity contribution < 1.29 is 17.9 Å². The molecule has 0 radical (unpaired) electrons. The minimum absolute atomic E-state index is 0.0337. The Labute approximate surface area is 150 Å². The molecule has 0 N–H and O–H groups in total. The highest BCUT2D eigenvalue weighted by Crippen LogP contribution is 2.23. The first-order valence-corrected chi connectivity index (χ1v) is 10.6. The van der Waals surface area contributed by atoms with E-state index in [0.717, 1.165) is 32.2 Å². The third-order valence-corrected chi connectivity index (χ3v) is 5.80. The molecule has 2 rings (SSSR count). The van der Waals surface area contributed by atoms with Crippen LogP contribution in [0.25, 0.3) is 0 Å².